The zero-order valence-electron chi connectivity index (χ0n) is 15.8. The number of nitrogens with zero attached hydrogens (tertiary/aromatic N) is 2. The number of piperazine rings is 1. The van der Waals surface area contributed by atoms with E-state index in [2.05, 4.69) is 0 Å². The van der Waals surface area contributed by atoms with Crippen LogP contribution in [-0.2, 0) is 21.2 Å². The lowest BCUT2D eigenvalue weighted by atomic mass is 10.1. The third-order valence-electron chi connectivity index (χ3n) is 4.93. The van der Waals surface area contributed by atoms with Crippen molar-refractivity contribution in [3.05, 3.63) is 63.9 Å². The second-order valence-electron chi connectivity index (χ2n) is 6.93. The van der Waals surface area contributed by atoms with Crippen LogP contribution in [0.2, 0.25) is 5.02 Å². The molecule has 1 saturated heterocycles. The normalized spacial score (nSPS) is 15.6. The highest BCUT2D eigenvalue weighted by Gasteiger charge is 2.31. The number of halogens is 2. The first kappa shape index (κ1) is 20.8. The van der Waals surface area contributed by atoms with Crippen molar-refractivity contribution >= 4 is 27.5 Å². The molecule has 0 unspecified atom stereocenters. The molecule has 0 aromatic heterocycles. The number of hydrogen-bond acceptors (Lipinski definition) is 3. The molecule has 1 fully saturated rings. The van der Waals surface area contributed by atoms with Crippen LogP contribution >= 0.6 is 11.6 Å². The molecule has 1 aliphatic heterocycles. The Bertz CT molecular complexity index is 982. The van der Waals surface area contributed by atoms with E-state index < -0.39 is 15.8 Å². The van der Waals surface area contributed by atoms with Gasteiger partial charge in [0.2, 0.25) is 15.9 Å². The van der Waals surface area contributed by atoms with Crippen molar-refractivity contribution < 1.29 is 17.6 Å². The number of rotatable bonds is 4. The first-order valence-electron chi connectivity index (χ1n) is 8.98. The predicted octanol–water partition coefficient (Wildman–Crippen LogP) is 3.17. The van der Waals surface area contributed by atoms with E-state index >= 15 is 0 Å². The van der Waals surface area contributed by atoms with E-state index in [9.17, 15) is 17.6 Å². The fourth-order valence-electron chi connectivity index (χ4n) is 3.37. The van der Waals surface area contributed by atoms with Crippen LogP contribution in [0.3, 0.4) is 0 Å². The highest BCUT2D eigenvalue weighted by molar-refractivity contribution is 7.89. The van der Waals surface area contributed by atoms with E-state index in [0.29, 0.717) is 5.56 Å². The van der Waals surface area contributed by atoms with E-state index in [0.717, 1.165) is 5.56 Å². The highest BCUT2D eigenvalue weighted by atomic mass is 35.5. The van der Waals surface area contributed by atoms with Gasteiger partial charge in [0.1, 0.15) is 5.82 Å². The van der Waals surface area contributed by atoms with Crippen LogP contribution < -0.4 is 0 Å². The molecule has 1 aliphatic rings. The summed E-state index contributed by atoms with van der Waals surface area (Å²) in [4.78, 5) is 14.4. The zero-order chi connectivity index (χ0) is 20.5. The summed E-state index contributed by atoms with van der Waals surface area (Å²) in [5.41, 5.74) is 1.87. The molecule has 2 aromatic rings. The molecule has 0 N–H and O–H groups in total. The smallest absolute Gasteiger partial charge is 0.243 e. The lowest BCUT2D eigenvalue weighted by Gasteiger charge is -2.34. The lowest BCUT2D eigenvalue weighted by Crippen LogP contribution is -2.51. The summed E-state index contributed by atoms with van der Waals surface area (Å²) >= 11 is 5.99. The Morgan fingerprint density at radius 3 is 2.39 bits per heavy atom. The van der Waals surface area contributed by atoms with Gasteiger partial charge in [0, 0.05) is 36.8 Å². The lowest BCUT2D eigenvalue weighted by molar-refractivity contribution is -0.131. The molecule has 5 nitrogen and oxygen atoms in total. The second-order valence-corrected chi connectivity index (χ2v) is 9.24. The minimum Gasteiger partial charge on any atom is -0.340 e. The van der Waals surface area contributed by atoms with E-state index in [-0.39, 0.29) is 54.0 Å². The van der Waals surface area contributed by atoms with Crippen LogP contribution in [0, 0.1) is 19.7 Å². The summed E-state index contributed by atoms with van der Waals surface area (Å²) in [5, 5.41) is 0.212. The Hall–Kier alpha value is -1.96. The summed E-state index contributed by atoms with van der Waals surface area (Å²) in [6.45, 7) is 4.61. The van der Waals surface area contributed by atoms with Crippen molar-refractivity contribution in [2.75, 3.05) is 26.2 Å². The van der Waals surface area contributed by atoms with Crippen LogP contribution in [-0.4, -0.2) is 49.7 Å². The van der Waals surface area contributed by atoms with Gasteiger partial charge >= 0.3 is 0 Å². The largest absolute Gasteiger partial charge is 0.340 e. The average Bonchev–Trinajstić information content (AvgIpc) is 2.64. The summed E-state index contributed by atoms with van der Waals surface area (Å²) in [5.74, 6) is -0.785. The summed E-state index contributed by atoms with van der Waals surface area (Å²) in [6, 6.07) is 9.53. The molecule has 28 heavy (non-hydrogen) atoms. The Kier molecular flexibility index (Phi) is 6.07. The molecular weight excluding hydrogens is 403 g/mol. The second kappa shape index (κ2) is 8.19. The van der Waals surface area contributed by atoms with Gasteiger partial charge in [-0.25, -0.2) is 12.8 Å². The van der Waals surface area contributed by atoms with E-state index in [4.69, 9.17) is 11.6 Å². The SMILES string of the molecule is Cc1ccc(S(=O)(=O)N2CCN(C(=O)Cc3c(F)cccc3Cl)CC2)c(C)c1. The molecule has 150 valence electrons. The molecule has 1 heterocycles. The van der Waals surface area contributed by atoms with Gasteiger partial charge in [-0.3, -0.25) is 4.79 Å². The fraction of sp³-hybridized carbons (Fsp3) is 0.350. The van der Waals surface area contributed by atoms with Gasteiger partial charge in [0.05, 0.1) is 11.3 Å². The van der Waals surface area contributed by atoms with Crippen molar-refractivity contribution in [1.82, 2.24) is 9.21 Å². The van der Waals surface area contributed by atoms with Gasteiger partial charge in [-0.2, -0.15) is 4.31 Å². The number of hydrogen-bond donors (Lipinski definition) is 0. The van der Waals surface area contributed by atoms with Gasteiger partial charge in [0.15, 0.2) is 0 Å². The first-order valence-corrected chi connectivity index (χ1v) is 10.8. The maximum Gasteiger partial charge on any atom is 0.243 e. The van der Waals surface area contributed by atoms with E-state index in [1.807, 2.05) is 13.0 Å². The van der Waals surface area contributed by atoms with Crippen molar-refractivity contribution in [1.29, 1.82) is 0 Å². The van der Waals surface area contributed by atoms with Crippen molar-refractivity contribution in [3.8, 4) is 0 Å². The van der Waals surface area contributed by atoms with Crippen LogP contribution in [0.25, 0.3) is 0 Å². The Morgan fingerprint density at radius 1 is 1.11 bits per heavy atom. The maximum atomic E-state index is 13.9. The Labute approximate surface area is 169 Å². The Balaban J connectivity index is 1.68. The monoisotopic (exact) mass is 424 g/mol. The molecule has 0 aliphatic carbocycles. The van der Waals surface area contributed by atoms with Gasteiger partial charge in [-0.1, -0.05) is 35.4 Å². The third-order valence-corrected chi connectivity index (χ3v) is 7.34. The fourth-order valence-corrected chi connectivity index (χ4v) is 5.23. The van der Waals surface area contributed by atoms with Gasteiger partial charge in [-0.15, -0.1) is 0 Å². The predicted molar refractivity (Wildman–Crippen MR) is 106 cm³/mol. The van der Waals surface area contributed by atoms with Gasteiger partial charge in [0.25, 0.3) is 0 Å². The minimum atomic E-state index is -3.62. The number of amides is 1. The van der Waals surface area contributed by atoms with Gasteiger partial charge in [-0.05, 0) is 37.6 Å². The van der Waals surface area contributed by atoms with Crippen LogP contribution in [0.15, 0.2) is 41.3 Å². The molecule has 0 spiro atoms. The third kappa shape index (κ3) is 4.21. The van der Waals surface area contributed by atoms with E-state index in [1.165, 1.54) is 16.4 Å². The molecular formula is C20H22ClFN2O3S. The first-order chi connectivity index (χ1) is 13.2. The highest BCUT2D eigenvalue weighted by Crippen LogP contribution is 2.23. The zero-order valence-corrected chi connectivity index (χ0v) is 17.4. The molecule has 0 radical (unpaired) electrons. The number of carbonyl (C=O) groups is 1. The summed E-state index contributed by atoms with van der Waals surface area (Å²) in [6.07, 6.45) is -0.144. The summed E-state index contributed by atoms with van der Waals surface area (Å²) in [7, 11) is -3.62. The van der Waals surface area contributed by atoms with Crippen molar-refractivity contribution in [2.45, 2.75) is 25.2 Å². The molecule has 0 saturated carbocycles. The van der Waals surface area contributed by atoms with Crippen molar-refractivity contribution in [2.24, 2.45) is 0 Å². The molecule has 2 aromatic carbocycles. The number of carbonyl (C=O) groups excluding carboxylic acids is 1. The molecule has 0 atom stereocenters. The van der Waals surface area contributed by atoms with E-state index in [1.54, 1.807) is 30.0 Å². The van der Waals surface area contributed by atoms with Crippen LogP contribution in [0.4, 0.5) is 4.39 Å². The number of aryl methyl sites for hydroxylation is 2. The quantitative estimate of drug-likeness (QED) is 0.757. The minimum absolute atomic E-state index is 0.144. The Morgan fingerprint density at radius 2 is 1.79 bits per heavy atom. The molecule has 1 amide bonds. The molecule has 3 rings (SSSR count). The number of benzene rings is 2. The number of sulfonamides is 1. The molecule has 0 bridgehead atoms. The van der Waals surface area contributed by atoms with Crippen LogP contribution in [0.1, 0.15) is 16.7 Å². The average molecular weight is 425 g/mol. The topological polar surface area (TPSA) is 57.7 Å². The summed E-state index contributed by atoms with van der Waals surface area (Å²) < 4.78 is 41.2. The van der Waals surface area contributed by atoms with Gasteiger partial charge < -0.3 is 4.90 Å². The van der Waals surface area contributed by atoms with Crippen LogP contribution in [0.5, 0.6) is 0 Å². The maximum absolute atomic E-state index is 13.9. The standard InChI is InChI=1S/C20H22ClFN2O3S/c1-14-6-7-19(15(2)12-14)28(26,27)24-10-8-23(9-11-24)20(25)13-16-17(21)4-3-5-18(16)22/h3-7,12H,8-11,13H2,1-2H3. The molecule has 8 heteroatoms. The van der Waals surface area contributed by atoms with Crippen molar-refractivity contribution in [3.63, 3.8) is 0 Å².